The zero-order chi connectivity index (χ0) is 25.3. The van der Waals surface area contributed by atoms with Crippen molar-refractivity contribution in [1.29, 1.82) is 0 Å². The number of fused-ring (bicyclic) bond motifs is 2. The highest BCUT2D eigenvalue weighted by molar-refractivity contribution is 5.83. The van der Waals surface area contributed by atoms with Gasteiger partial charge in [-0.25, -0.2) is 0 Å². The fraction of sp³-hybridized carbons (Fsp3) is 0.577. The molecule has 0 spiro atoms. The van der Waals surface area contributed by atoms with Crippen LogP contribution in [0.15, 0.2) is 30.5 Å². The maximum Gasteiger partial charge on any atom is 0.420 e. The van der Waals surface area contributed by atoms with Gasteiger partial charge in [-0.1, -0.05) is 12.5 Å². The third-order valence-corrected chi connectivity index (χ3v) is 7.70. The van der Waals surface area contributed by atoms with Crippen molar-refractivity contribution in [3.63, 3.8) is 0 Å². The standard InChI is InChI=1S/C13H10F3N5.C13H23NO.H2/c1-21-6-8-4-7(2-3-10(8)20-21)11-5-9(13(14,15)16)12(17)19-18-11;1-2-12-9-14(10-13(12)3-1)8-11-4-6-15-7-5-11;/h2-6H,1H3,(H2,17,19);11-13H,1-10H2;1H/t;12-,13+;. The van der Waals surface area contributed by atoms with E-state index < -0.39 is 17.6 Å². The van der Waals surface area contributed by atoms with E-state index in [0.29, 0.717) is 5.56 Å². The van der Waals surface area contributed by atoms with Crippen LogP contribution >= 0.6 is 0 Å². The molecule has 196 valence electrons. The smallest absolute Gasteiger partial charge is 0.382 e. The van der Waals surface area contributed by atoms with Gasteiger partial charge in [-0.3, -0.25) is 4.68 Å². The van der Waals surface area contributed by atoms with Crippen LogP contribution in [0, 0.1) is 17.8 Å². The van der Waals surface area contributed by atoms with Crippen LogP contribution < -0.4 is 5.73 Å². The molecule has 1 aliphatic carbocycles. The van der Waals surface area contributed by atoms with Gasteiger partial charge in [0.15, 0.2) is 5.82 Å². The Labute approximate surface area is 210 Å². The van der Waals surface area contributed by atoms with Crippen molar-refractivity contribution in [2.75, 3.05) is 38.6 Å². The molecule has 3 aromatic rings. The Morgan fingerprint density at radius 3 is 2.47 bits per heavy atom. The topological polar surface area (TPSA) is 82.1 Å². The summed E-state index contributed by atoms with van der Waals surface area (Å²) in [5, 5.41) is 12.1. The summed E-state index contributed by atoms with van der Waals surface area (Å²) >= 11 is 0. The van der Waals surface area contributed by atoms with Gasteiger partial charge in [0.1, 0.15) is 5.56 Å². The number of hydrogen-bond acceptors (Lipinski definition) is 6. The summed E-state index contributed by atoms with van der Waals surface area (Å²) in [4.78, 5) is 2.74. The largest absolute Gasteiger partial charge is 0.420 e. The van der Waals surface area contributed by atoms with E-state index in [1.54, 1.807) is 36.1 Å². The molecule has 3 fully saturated rings. The molecule has 0 radical (unpaired) electrons. The van der Waals surface area contributed by atoms with Crippen molar-refractivity contribution in [3.8, 4) is 11.3 Å². The molecule has 4 heterocycles. The van der Waals surface area contributed by atoms with E-state index in [1.807, 2.05) is 0 Å². The van der Waals surface area contributed by atoms with Gasteiger partial charge in [0.2, 0.25) is 0 Å². The number of benzene rings is 1. The van der Waals surface area contributed by atoms with E-state index in [2.05, 4.69) is 20.2 Å². The van der Waals surface area contributed by atoms with Crippen LogP contribution in [0.1, 0.15) is 39.1 Å². The van der Waals surface area contributed by atoms with Crippen LogP contribution in [-0.4, -0.2) is 57.7 Å². The van der Waals surface area contributed by atoms with Crippen LogP contribution in [0.2, 0.25) is 0 Å². The molecule has 3 aliphatic rings. The van der Waals surface area contributed by atoms with Gasteiger partial charge >= 0.3 is 6.18 Å². The van der Waals surface area contributed by atoms with Gasteiger partial charge in [0, 0.05) is 58.5 Å². The lowest BCUT2D eigenvalue weighted by Crippen LogP contribution is -2.31. The number of nitrogens with zero attached hydrogens (tertiary/aromatic N) is 5. The summed E-state index contributed by atoms with van der Waals surface area (Å²) in [6, 6.07) is 5.98. The molecule has 36 heavy (non-hydrogen) atoms. The molecule has 2 aromatic heterocycles. The Hall–Kier alpha value is -2.72. The molecular formula is C26H35F3N6O. The van der Waals surface area contributed by atoms with Crippen LogP contribution in [0.4, 0.5) is 19.0 Å². The minimum absolute atomic E-state index is 0. The summed E-state index contributed by atoms with van der Waals surface area (Å²) in [5.41, 5.74) is 5.64. The van der Waals surface area contributed by atoms with E-state index in [4.69, 9.17) is 10.5 Å². The zero-order valence-electron chi connectivity index (χ0n) is 20.5. The second-order valence-corrected chi connectivity index (χ2v) is 10.3. The SMILES string of the molecule is C1C[C@@H]2CN(CC3CCOCC3)C[C@@H]2C1.Cn1cc2cc(-c3cc(C(F)(F)F)c(N)nn3)ccc2n1.[HH]. The number of halogens is 3. The van der Waals surface area contributed by atoms with E-state index in [9.17, 15) is 13.2 Å². The summed E-state index contributed by atoms with van der Waals surface area (Å²) in [6.45, 7) is 6.18. The summed E-state index contributed by atoms with van der Waals surface area (Å²) in [7, 11) is 1.77. The number of alkyl halides is 3. The molecule has 1 saturated carbocycles. The predicted molar refractivity (Wildman–Crippen MR) is 134 cm³/mol. The van der Waals surface area contributed by atoms with Crippen LogP contribution in [-0.2, 0) is 18.0 Å². The fourth-order valence-electron chi connectivity index (χ4n) is 5.85. The number of aromatic nitrogens is 4. The number of anilines is 1. The number of ether oxygens (including phenoxy) is 1. The molecule has 2 saturated heterocycles. The Balaban J connectivity index is 0.000000177. The average Bonchev–Trinajstić information content (AvgIpc) is 3.53. The first-order valence-electron chi connectivity index (χ1n) is 12.7. The highest BCUT2D eigenvalue weighted by Crippen LogP contribution is 2.38. The number of nitrogen functional groups attached to an aromatic ring is 1. The second-order valence-electron chi connectivity index (χ2n) is 10.3. The van der Waals surface area contributed by atoms with Crippen molar-refractivity contribution in [3.05, 3.63) is 36.0 Å². The van der Waals surface area contributed by atoms with Crippen LogP contribution in [0.25, 0.3) is 22.2 Å². The van der Waals surface area contributed by atoms with Gasteiger partial charge in [-0.2, -0.15) is 18.3 Å². The number of likely N-dealkylation sites (tertiary alicyclic amines) is 1. The minimum atomic E-state index is -4.56. The molecular weight excluding hydrogens is 469 g/mol. The van der Waals surface area contributed by atoms with Gasteiger partial charge in [0.05, 0.1) is 11.2 Å². The van der Waals surface area contributed by atoms with Gasteiger partial charge < -0.3 is 15.4 Å². The van der Waals surface area contributed by atoms with E-state index in [0.717, 1.165) is 47.9 Å². The molecule has 10 heteroatoms. The van der Waals surface area contributed by atoms with E-state index >= 15 is 0 Å². The maximum atomic E-state index is 12.8. The molecule has 2 atom stereocenters. The molecule has 0 bridgehead atoms. The molecule has 2 aliphatic heterocycles. The van der Waals surface area contributed by atoms with Crippen molar-refractivity contribution >= 4 is 16.7 Å². The highest BCUT2D eigenvalue weighted by atomic mass is 19.4. The average molecular weight is 505 g/mol. The van der Waals surface area contributed by atoms with Crippen LogP contribution in [0.3, 0.4) is 0 Å². The van der Waals surface area contributed by atoms with Crippen molar-refractivity contribution in [1.82, 2.24) is 24.9 Å². The molecule has 1 aromatic carbocycles. The number of hydrogen-bond donors (Lipinski definition) is 1. The monoisotopic (exact) mass is 504 g/mol. The van der Waals surface area contributed by atoms with E-state index in [1.165, 1.54) is 51.7 Å². The minimum Gasteiger partial charge on any atom is -0.382 e. The Morgan fingerprint density at radius 1 is 1.06 bits per heavy atom. The maximum absolute atomic E-state index is 12.8. The van der Waals surface area contributed by atoms with Crippen molar-refractivity contribution in [2.24, 2.45) is 24.8 Å². The van der Waals surface area contributed by atoms with Gasteiger partial charge in [0.25, 0.3) is 0 Å². The van der Waals surface area contributed by atoms with Crippen molar-refractivity contribution in [2.45, 2.75) is 38.3 Å². The first-order valence-corrected chi connectivity index (χ1v) is 12.7. The number of aryl methyl sites for hydroxylation is 1. The summed E-state index contributed by atoms with van der Waals surface area (Å²) < 4.78 is 45.6. The lowest BCUT2D eigenvalue weighted by atomic mass is 10.00. The van der Waals surface area contributed by atoms with Gasteiger partial charge in [-0.05, 0) is 61.6 Å². The lowest BCUT2D eigenvalue weighted by molar-refractivity contribution is -0.137. The first kappa shape index (κ1) is 25.0. The quantitative estimate of drug-likeness (QED) is 0.539. The predicted octanol–water partition coefficient (Wildman–Crippen LogP) is 5.02. The lowest BCUT2D eigenvalue weighted by Gasteiger charge is -2.27. The highest BCUT2D eigenvalue weighted by Gasteiger charge is 2.37. The molecule has 0 unspecified atom stereocenters. The third-order valence-electron chi connectivity index (χ3n) is 7.70. The zero-order valence-corrected chi connectivity index (χ0v) is 20.5. The molecule has 7 nitrogen and oxygen atoms in total. The Morgan fingerprint density at radius 2 is 1.78 bits per heavy atom. The summed E-state index contributed by atoms with van der Waals surface area (Å²) in [6.07, 6.45) is 4.32. The van der Waals surface area contributed by atoms with Gasteiger partial charge in [-0.15, -0.1) is 10.2 Å². The Kier molecular flexibility index (Phi) is 7.16. The van der Waals surface area contributed by atoms with E-state index in [-0.39, 0.29) is 7.12 Å². The number of rotatable bonds is 3. The normalized spacial score (nSPS) is 23.0. The van der Waals surface area contributed by atoms with Crippen molar-refractivity contribution < 1.29 is 19.3 Å². The fourth-order valence-corrected chi connectivity index (χ4v) is 5.85. The summed E-state index contributed by atoms with van der Waals surface area (Å²) in [5.74, 6) is 2.42. The third kappa shape index (κ3) is 5.64. The first-order chi connectivity index (χ1) is 17.3. The molecule has 6 rings (SSSR count). The second kappa shape index (κ2) is 10.3. The molecule has 2 N–H and O–H groups in total. The van der Waals surface area contributed by atoms with Crippen LogP contribution in [0.5, 0.6) is 0 Å². The number of nitrogens with two attached hydrogens (primary N) is 1. The Bertz CT molecular complexity index is 1180. The molecule has 0 amide bonds.